The lowest BCUT2D eigenvalue weighted by atomic mass is 9.92. The second kappa shape index (κ2) is 11.3. The van der Waals surface area contributed by atoms with E-state index in [1.807, 2.05) is 0 Å². The Morgan fingerprint density at radius 3 is 2.50 bits per heavy atom. The normalized spacial score (nSPS) is 16.9. The molecule has 0 aliphatic heterocycles. The van der Waals surface area contributed by atoms with Gasteiger partial charge in [-0.25, -0.2) is 4.79 Å². The van der Waals surface area contributed by atoms with E-state index >= 15 is 0 Å². The first-order chi connectivity index (χ1) is 14.3. The number of hydrogen-bond acceptors (Lipinski definition) is 7. The summed E-state index contributed by atoms with van der Waals surface area (Å²) >= 11 is 0. The number of nitro groups is 1. The van der Waals surface area contributed by atoms with Gasteiger partial charge in [-0.3, -0.25) is 10.1 Å². The van der Waals surface area contributed by atoms with Crippen molar-refractivity contribution in [1.29, 1.82) is 0 Å². The summed E-state index contributed by atoms with van der Waals surface area (Å²) in [5.74, 6) is -0.360. The minimum Gasteiger partial charge on any atom is -0.464 e. The highest BCUT2D eigenvalue weighted by Gasteiger charge is 2.33. The number of benzene rings is 1. The molecule has 1 N–H and O–H groups in total. The van der Waals surface area contributed by atoms with Crippen LogP contribution in [0.1, 0.15) is 64.5 Å². The summed E-state index contributed by atoms with van der Waals surface area (Å²) in [7, 11) is 1.29. The summed E-state index contributed by atoms with van der Waals surface area (Å²) in [6.07, 6.45) is 2.87. The van der Waals surface area contributed by atoms with Crippen LogP contribution in [0.3, 0.4) is 0 Å². The maximum absolute atomic E-state index is 12.1. The lowest BCUT2D eigenvalue weighted by molar-refractivity contribution is -0.384. The molecule has 0 saturated heterocycles. The molecule has 2 atom stereocenters. The number of rotatable bonds is 10. The fraction of sp³-hybridized carbons (Fsp3) is 0.682. The van der Waals surface area contributed by atoms with Crippen LogP contribution >= 0.6 is 0 Å². The number of carbonyl (C=O) groups excluding carboxylic acids is 1. The first-order valence-electron chi connectivity index (χ1n) is 10.7. The van der Waals surface area contributed by atoms with Crippen molar-refractivity contribution in [2.45, 2.75) is 71.1 Å². The standard InChI is InChI=1S/C22H34N2O6/c1-5-30-22(26)21(29-4)20(25)16-11-12-18(19(13-16)24(27)28)23(14-15(2)3)17-9-7-6-8-10-17/h11-13,15,17,20-21,25H,5-10,14H2,1-4H3. The van der Waals surface area contributed by atoms with Crippen LogP contribution in [0.15, 0.2) is 18.2 Å². The van der Waals surface area contributed by atoms with E-state index in [0.29, 0.717) is 11.6 Å². The molecule has 0 radical (unpaired) electrons. The van der Waals surface area contributed by atoms with Gasteiger partial charge >= 0.3 is 5.97 Å². The minimum atomic E-state index is -1.37. The van der Waals surface area contributed by atoms with E-state index in [9.17, 15) is 20.0 Å². The van der Waals surface area contributed by atoms with E-state index in [0.717, 1.165) is 32.2 Å². The summed E-state index contributed by atoms with van der Waals surface area (Å²) in [5, 5.41) is 22.6. The summed E-state index contributed by atoms with van der Waals surface area (Å²) in [4.78, 5) is 25.7. The Bertz CT molecular complexity index is 718. The average molecular weight is 423 g/mol. The van der Waals surface area contributed by atoms with Crippen molar-refractivity contribution in [3.8, 4) is 0 Å². The Morgan fingerprint density at radius 1 is 1.30 bits per heavy atom. The number of nitrogens with zero attached hydrogens (tertiary/aromatic N) is 2. The Morgan fingerprint density at radius 2 is 1.97 bits per heavy atom. The molecular weight excluding hydrogens is 388 g/mol. The molecule has 1 aliphatic rings. The van der Waals surface area contributed by atoms with Gasteiger partial charge in [0, 0.05) is 25.8 Å². The van der Waals surface area contributed by atoms with Crippen LogP contribution in [0.25, 0.3) is 0 Å². The summed E-state index contributed by atoms with van der Waals surface area (Å²) in [6.45, 7) is 6.73. The van der Waals surface area contributed by atoms with E-state index < -0.39 is 23.1 Å². The van der Waals surface area contributed by atoms with E-state index in [1.54, 1.807) is 19.1 Å². The van der Waals surface area contributed by atoms with Gasteiger partial charge in [-0.1, -0.05) is 39.2 Å². The van der Waals surface area contributed by atoms with Gasteiger partial charge in [-0.15, -0.1) is 0 Å². The van der Waals surface area contributed by atoms with Crippen LogP contribution in [-0.4, -0.2) is 48.4 Å². The van der Waals surface area contributed by atoms with Crippen LogP contribution in [0.2, 0.25) is 0 Å². The average Bonchev–Trinajstić information content (AvgIpc) is 2.72. The van der Waals surface area contributed by atoms with Crippen LogP contribution in [0.5, 0.6) is 0 Å². The van der Waals surface area contributed by atoms with Crippen LogP contribution in [-0.2, 0) is 14.3 Å². The maximum Gasteiger partial charge on any atom is 0.338 e. The molecule has 1 aromatic rings. The smallest absolute Gasteiger partial charge is 0.338 e. The van der Waals surface area contributed by atoms with Crippen LogP contribution in [0, 0.1) is 16.0 Å². The highest BCUT2D eigenvalue weighted by molar-refractivity contribution is 5.76. The van der Waals surface area contributed by atoms with E-state index in [4.69, 9.17) is 9.47 Å². The number of methoxy groups -OCH3 is 1. The van der Waals surface area contributed by atoms with Crippen molar-refractivity contribution < 1.29 is 24.3 Å². The molecule has 0 bridgehead atoms. The number of aliphatic hydroxyl groups excluding tert-OH is 1. The molecule has 1 aliphatic carbocycles. The summed E-state index contributed by atoms with van der Waals surface area (Å²) in [5.41, 5.74) is 0.733. The third kappa shape index (κ3) is 5.92. The Hall–Kier alpha value is -2.19. The molecule has 2 rings (SSSR count). The Kier molecular flexibility index (Phi) is 9.05. The van der Waals surface area contributed by atoms with Crippen molar-refractivity contribution in [2.75, 3.05) is 25.2 Å². The van der Waals surface area contributed by atoms with Gasteiger partial charge in [-0.2, -0.15) is 0 Å². The zero-order valence-electron chi connectivity index (χ0n) is 18.4. The third-order valence-corrected chi connectivity index (χ3v) is 5.48. The molecule has 0 amide bonds. The lowest BCUT2D eigenvalue weighted by Crippen LogP contribution is -2.39. The molecule has 1 fully saturated rings. The number of esters is 1. The number of ether oxygens (including phenoxy) is 2. The van der Waals surface area contributed by atoms with Gasteiger partial charge in [0.2, 0.25) is 0 Å². The number of anilines is 1. The molecule has 0 heterocycles. The monoisotopic (exact) mass is 422 g/mol. The van der Waals surface area contributed by atoms with Crippen LogP contribution in [0.4, 0.5) is 11.4 Å². The number of carbonyl (C=O) groups is 1. The fourth-order valence-corrected chi connectivity index (χ4v) is 4.10. The predicted octanol–water partition coefficient (Wildman–Crippen LogP) is 4.00. The van der Waals surface area contributed by atoms with Crippen LogP contribution < -0.4 is 4.90 Å². The van der Waals surface area contributed by atoms with Gasteiger partial charge in [0.25, 0.3) is 5.69 Å². The molecule has 1 saturated carbocycles. The number of nitro benzene ring substituents is 1. The summed E-state index contributed by atoms with van der Waals surface area (Å²) in [6, 6.07) is 4.93. The molecule has 0 aromatic heterocycles. The SMILES string of the molecule is CCOC(=O)C(OC)C(O)c1ccc(N(CC(C)C)C2CCCCC2)c([N+](=O)[O-])c1. The largest absolute Gasteiger partial charge is 0.464 e. The van der Waals surface area contributed by atoms with Crippen molar-refractivity contribution in [2.24, 2.45) is 5.92 Å². The zero-order chi connectivity index (χ0) is 22.3. The number of aliphatic hydroxyl groups is 1. The topological polar surface area (TPSA) is 102 Å². The van der Waals surface area contributed by atoms with Gasteiger partial charge in [0.15, 0.2) is 6.10 Å². The quantitative estimate of drug-likeness (QED) is 0.345. The summed E-state index contributed by atoms with van der Waals surface area (Å²) < 4.78 is 10.0. The van der Waals surface area contributed by atoms with Gasteiger partial charge in [0.05, 0.1) is 11.5 Å². The first kappa shape index (κ1) is 24.1. The number of hydrogen-bond donors (Lipinski definition) is 1. The molecular formula is C22H34N2O6. The second-order valence-electron chi connectivity index (χ2n) is 8.20. The van der Waals surface area contributed by atoms with E-state index in [-0.39, 0.29) is 23.9 Å². The van der Waals surface area contributed by atoms with Gasteiger partial charge < -0.3 is 19.5 Å². The molecule has 168 valence electrons. The highest BCUT2D eigenvalue weighted by atomic mass is 16.6. The van der Waals surface area contributed by atoms with Crippen molar-refractivity contribution in [1.82, 2.24) is 0 Å². The second-order valence-corrected chi connectivity index (χ2v) is 8.20. The van der Waals surface area contributed by atoms with E-state index in [1.165, 1.54) is 19.6 Å². The molecule has 1 aromatic carbocycles. The highest BCUT2D eigenvalue weighted by Crippen LogP contribution is 2.36. The van der Waals surface area contributed by atoms with Gasteiger partial charge in [0.1, 0.15) is 11.8 Å². The van der Waals surface area contributed by atoms with E-state index in [2.05, 4.69) is 18.7 Å². The van der Waals surface area contributed by atoms with Crippen molar-refractivity contribution in [3.05, 3.63) is 33.9 Å². The maximum atomic E-state index is 12.1. The van der Waals surface area contributed by atoms with Gasteiger partial charge in [-0.05, 0) is 37.3 Å². The third-order valence-electron chi connectivity index (χ3n) is 5.48. The lowest BCUT2D eigenvalue weighted by Gasteiger charge is -2.37. The predicted molar refractivity (Wildman–Crippen MR) is 115 cm³/mol. The minimum absolute atomic E-state index is 0.0727. The molecule has 2 unspecified atom stereocenters. The molecule has 8 heteroatoms. The Labute approximate surface area is 178 Å². The first-order valence-corrected chi connectivity index (χ1v) is 10.7. The van der Waals surface area contributed by atoms with Crippen molar-refractivity contribution >= 4 is 17.3 Å². The fourth-order valence-electron chi connectivity index (χ4n) is 4.10. The van der Waals surface area contributed by atoms with Crippen molar-refractivity contribution in [3.63, 3.8) is 0 Å². The molecule has 30 heavy (non-hydrogen) atoms. The Balaban J connectivity index is 2.41. The molecule has 0 spiro atoms. The molecule has 8 nitrogen and oxygen atoms in total. The zero-order valence-corrected chi connectivity index (χ0v) is 18.4.